The molecule has 0 saturated carbocycles. The first kappa shape index (κ1) is 13.7. The minimum atomic E-state index is -0.209. The number of hydrogen-bond donors (Lipinski definition) is 3. The van der Waals surface area contributed by atoms with E-state index in [0.717, 1.165) is 19.3 Å². The number of urea groups is 1. The Morgan fingerprint density at radius 2 is 2.16 bits per heavy atom. The Morgan fingerprint density at radius 3 is 2.89 bits per heavy atom. The number of nitrogens with one attached hydrogen (secondary N) is 1. The number of rotatable bonds is 3. The standard InChI is InChI=1S/C14H20N2O3/c17-10-8-11-5-3-4-9-16(11)14(19)15-12-6-1-2-7-13(12)18/h1-2,6-7,11,17-18H,3-5,8-10H2,(H,15,19). The van der Waals surface area contributed by atoms with Gasteiger partial charge in [-0.25, -0.2) is 4.79 Å². The van der Waals surface area contributed by atoms with E-state index < -0.39 is 0 Å². The number of phenolic OH excluding ortho intramolecular Hbond substituents is 1. The molecule has 1 aromatic carbocycles. The molecular weight excluding hydrogens is 244 g/mol. The van der Waals surface area contributed by atoms with E-state index in [1.54, 1.807) is 23.1 Å². The zero-order valence-electron chi connectivity index (χ0n) is 10.9. The van der Waals surface area contributed by atoms with Crippen molar-refractivity contribution in [2.45, 2.75) is 31.7 Å². The van der Waals surface area contributed by atoms with Crippen molar-refractivity contribution in [3.63, 3.8) is 0 Å². The number of phenols is 1. The molecule has 1 aliphatic heterocycles. The van der Waals surface area contributed by atoms with Crippen LogP contribution in [0.3, 0.4) is 0 Å². The molecule has 0 spiro atoms. The zero-order valence-corrected chi connectivity index (χ0v) is 10.9. The molecule has 2 amide bonds. The second-order valence-electron chi connectivity index (χ2n) is 4.80. The molecule has 0 aliphatic carbocycles. The minimum Gasteiger partial charge on any atom is -0.506 e. The summed E-state index contributed by atoms with van der Waals surface area (Å²) >= 11 is 0. The number of carbonyl (C=O) groups excluding carboxylic acids is 1. The van der Waals surface area contributed by atoms with Crippen molar-refractivity contribution >= 4 is 11.7 Å². The maximum Gasteiger partial charge on any atom is 0.322 e. The van der Waals surface area contributed by atoms with Gasteiger partial charge in [0.05, 0.1) is 5.69 Å². The van der Waals surface area contributed by atoms with Gasteiger partial charge in [0, 0.05) is 19.2 Å². The van der Waals surface area contributed by atoms with E-state index in [0.29, 0.717) is 18.7 Å². The van der Waals surface area contributed by atoms with E-state index in [1.807, 2.05) is 0 Å². The summed E-state index contributed by atoms with van der Waals surface area (Å²) in [5.41, 5.74) is 0.417. The second kappa shape index (κ2) is 6.43. The van der Waals surface area contributed by atoms with Crippen molar-refractivity contribution in [2.75, 3.05) is 18.5 Å². The van der Waals surface area contributed by atoms with Crippen LogP contribution in [0.1, 0.15) is 25.7 Å². The van der Waals surface area contributed by atoms with E-state index in [2.05, 4.69) is 5.32 Å². The van der Waals surface area contributed by atoms with Crippen LogP contribution >= 0.6 is 0 Å². The van der Waals surface area contributed by atoms with Crippen LogP contribution in [-0.2, 0) is 0 Å². The fourth-order valence-corrected chi connectivity index (χ4v) is 2.48. The second-order valence-corrected chi connectivity index (χ2v) is 4.80. The number of amides is 2. The summed E-state index contributed by atoms with van der Waals surface area (Å²) in [5, 5.41) is 21.4. The summed E-state index contributed by atoms with van der Waals surface area (Å²) in [6.45, 7) is 0.787. The SMILES string of the molecule is O=C(Nc1ccccc1O)N1CCCCC1CCO. The average Bonchev–Trinajstić information content (AvgIpc) is 2.42. The third-order valence-electron chi connectivity index (χ3n) is 3.50. The maximum atomic E-state index is 12.2. The number of likely N-dealkylation sites (tertiary alicyclic amines) is 1. The predicted octanol–water partition coefficient (Wildman–Crippen LogP) is 2.16. The molecule has 0 radical (unpaired) electrons. The van der Waals surface area contributed by atoms with E-state index in [1.165, 1.54) is 6.07 Å². The summed E-state index contributed by atoms with van der Waals surface area (Å²) in [6, 6.07) is 6.55. The molecule has 5 heteroatoms. The Labute approximate surface area is 112 Å². The summed E-state index contributed by atoms with van der Waals surface area (Å²) < 4.78 is 0. The first-order valence-electron chi connectivity index (χ1n) is 6.69. The van der Waals surface area contributed by atoms with Gasteiger partial charge in [-0.05, 0) is 37.8 Å². The van der Waals surface area contributed by atoms with Crippen molar-refractivity contribution in [1.29, 1.82) is 0 Å². The van der Waals surface area contributed by atoms with Gasteiger partial charge in [0.25, 0.3) is 0 Å². The Kier molecular flexibility index (Phi) is 4.63. The summed E-state index contributed by atoms with van der Waals surface area (Å²) in [7, 11) is 0. The molecule has 5 nitrogen and oxygen atoms in total. The number of benzene rings is 1. The molecule has 104 valence electrons. The van der Waals surface area contributed by atoms with Crippen LogP contribution in [0, 0.1) is 0 Å². The zero-order chi connectivity index (χ0) is 13.7. The van der Waals surface area contributed by atoms with Crippen LogP contribution < -0.4 is 5.32 Å². The van der Waals surface area contributed by atoms with Crippen molar-refractivity contribution in [3.05, 3.63) is 24.3 Å². The molecule has 1 aliphatic rings. The molecule has 1 unspecified atom stereocenters. The van der Waals surface area contributed by atoms with Gasteiger partial charge in [0.15, 0.2) is 0 Å². The Morgan fingerprint density at radius 1 is 1.37 bits per heavy atom. The first-order chi connectivity index (χ1) is 9.22. The van der Waals surface area contributed by atoms with Crippen LogP contribution in [0.2, 0.25) is 0 Å². The van der Waals surface area contributed by atoms with Gasteiger partial charge >= 0.3 is 6.03 Å². The minimum absolute atomic E-state index is 0.0616. The van der Waals surface area contributed by atoms with E-state index in [4.69, 9.17) is 5.11 Å². The lowest BCUT2D eigenvalue weighted by atomic mass is 10.0. The van der Waals surface area contributed by atoms with Crippen LogP contribution in [0.4, 0.5) is 10.5 Å². The lowest BCUT2D eigenvalue weighted by molar-refractivity contribution is 0.141. The topological polar surface area (TPSA) is 72.8 Å². The molecule has 0 aromatic heterocycles. The molecule has 1 aromatic rings. The number of carbonyl (C=O) groups is 1. The van der Waals surface area contributed by atoms with Gasteiger partial charge in [-0.3, -0.25) is 0 Å². The van der Waals surface area contributed by atoms with Crippen molar-refractivity contribution in [3.8, 4) is 5.75 Å². The highest BCUT2D eigenvalue weighted by atomic mass is 16.3. The van der Waals surface area contributed by atoms with Gasteiger partial charge in [-0.2, -0.15) is 0 Å². The smallest absolute Gasteiger partial charge is 0.322 e. The number of anilines is 1. The maximum absolute atomic E-state index is 12.2. The number of para-hydroxylation sites is 2. The number of nitrogens with zero attached hydrogens (tertiary/aromatic N) is 1. The molecule has 1 saturated heterocycles. The molecule has 3 N–H and O–H groups in total. The third kappa shape index (κ3) is 3.38. The van der Waals surface area contributed by atoms with Crippen LogP contribution in [0.25, 0.3) is 0 Å². The Hall–Kier alpha value is -1.75. The summed E-state index contributed by atoms with van der Waals surface area (Å²) in [5.74, 6) is 0.0616. The number of aliphatic hydroxyl groups is 1. The van der Waals surface area contributed by atoms with Crippen LogP contribution in [-0.4, -0.2) is 40.3 Å². The number of aromatic hydroxyl groups is 1. The number of aliphatic hydroxyl groups excluding tert-OH is 1. The van der Waals surface area contributed by atoms with Gasteiger partial charge < -0.3 is 20.4 Å². The lowest BCUT2D eigenvalue weighted by Crippen LogP contribution is -2.46. The van der Waals surface area contributed by atoms with Crippen molar-refractivity contribution in [1.82, 2.24) is 4.90 Å². The molecule has 0 bridgehead atoms. The average molecular weight is 264 g/mol. The van der Waals surface area contributed by atoms with Crippen molar-refractivity contribution < 1.29 is 15.0 Å². The first-order valence-corrected chi connectivity index (χ1v) is 6.69. The summed E-state index contributed by atoms with van der Waals surface area (Å²) in [4.78, 5) is 14.0. The van der Waals surface area contributed by atoms with Gasteiger partial charge in [0.2, 0.25) is 0 Å². The van der Waals surface area contributed by atoms with Crippen LogP contribution in [0.15, 0.2) is 24.3 Å². The third-order valence-corrected chi connectivity index (χ3v) is 3.50. The lowest BCUT2D eigenvalue weighted by Gasteiger charge is -2.35. The normalized spacial score (nSPS) is 19.2. The highest BCUT2D eigenvalue weighted by molar-refractivity contribution is 5.91. The number of piperidine rings is 1. The van der Waals surface area contributed by atoms with E-state index in [-0.39, 0.29) is 24.4 Å². The molecule has 1 heterocycles. The highest BCUT2D eigenvalue weighted by Crippen LogP contribution is 2.24. The number of hydrogen-bond acceptors (Lipinski definition) is 3. The molecule has 2 rings (SSSR count). The van der Waals surface area contributed by atoms with Gasteiger partial charge in [-0.1, -0.05) is 12.1 Å². The van der Waals surface area contributed by atoms with Crippen molar-refractivity contribution in [2.24, 2.45) is 0 Å². The summed E-state index contributed by atoms with van der Waals surface area (Å²) in [6.07, 6.45) is 3.60. The molecule has 1 atom stereocenters. The predicted molar refractivity (Wildman–Crippen MR) is 73.2 cm³/mol. The highest BCUT2D eigenvalue weighted by Gasteiger charge is 2.26. The quantitative estimate of drug-likeness (QED) is 0.732. The van der Waals surface area contributed by atoms with Crippen LogP contribution in [0.5, 0.6) is 5.75 Å². The van der Waals surface area contributed by atoms with E-state index >= 15 is 0 Å². The van der Waals surface area contributed by atoms with Gasteiger partial charge in [0.1, 0.15) is 5.75 Å². The fraction of sp³-hybridized carbons (Fsp3) is 0.500. The molecular formula is C14H20N2O3. The Bertz CT molecular complexity index is 434. The molecule has 19 heavy (non-hydrogen) atoms. The fourth-order valence-electron chi connectivity index (χ4n) is 2.48. The van der Waals surface area contributed by atoms with Gasteiger partial charge in [-0.15, -0.1) is 0 Å². The monoisotopic (exact) mass is 264 g/mol. The molecule has 1 fully saturated rings. The Balaban J connectivity index is 2.03. The largest absolute Gasteiger partial charge is 0.506 e. The van der Waals surface area contributed by atoms with E-state index in [9.17, 15) is 9.90 Å².